The smallest absolute Gasteiger partial charge is 0.124 e. The Morgan fingerprint density at radius 3 is 2.93 bits per heavy atom. The van der Waals surface area contributed by atoms with Crippen LogP contribution in [0.3, 0.4) is 0 Å². The molecular formula is C11H11FN2. The van der Waals surface area contributed by atoms with Crippen LogP contribution < -0.4 is 5.73 Å². The van der Waals surface area contributed by atoms with Gasteiger partial charge in [-0.1, -0.05) is 18.2 Å². The van der Waals surface area contributed by atoms with Crippen molar-refractivity contribution in [3.8, 4) is 6.07 Å². The third-order valence-corrected chi connectivity index (χ3v) is 1.77. The van der Waals surface area contributed by atoms with E-state index in [1.807, 2.05) is 12.1 Å². The molecule has 0 aromatic heterocycles. The van der Waals surface area contributed by atoms with E-state index in [0.717, 1.165) is 12.0 Å². The van der Waals surface area contributed by atoms with Gasteiger partial charge in [0.2, 0.25) is 0 Å². The van der Waals surface area contributed by atoms with Crippen LogP contribution in [0, 0.1) is 17.1 Å². The molecule has 1 aromatic rings. The molecule has 0 spiro atoms. The second-order valence-corrected chi connectivity index (χ2v) is 2.82. The van der Waals surface area contributed by atoms with Crippen LogP contribution in [-0.4, -0.2) is 6.54 Å². The van der Waals surface area contributed by atoms with E-state index in [2.05, 4.69) is 0 Å². The number of halogens is 1. The fraction of sp³-hybridized carbons (Fsp3) is 0.182. The second kappa shape index (κ2) is 5.15. The van der Waals surface area contributed by atoms with Crippen LogP contribution in [0.2, 0.25) is 0 Å². The molecule has 0 unspecified atom stereocenters. The first-order valence-corrected chi connectivity index (χ1v) is 4.34. The molecule has 0 radical (unpaired) electrons. The molecule has 0 amide bonds. The SMILES string of the molecule is N#Cc1cc(F)ccc1C=CCCN. The van der Waals surface area contributed by atoms with Gasteiger partial charge in [-0.2, -0.15) is 5.26 Å². The Morgan fingerprint density at radius 2 is 2.29 bits per heavy atom. The highest BCUT2D eigenvalue weighted by Crippen LogP contribution is 2.12. The lowest BCUT2D eigenvalue weighted by atomic mass is 10.1. The van der Waals surface area contributed by atoms with Gasteiger partial charge in [0.1, 0.15) is 5.82 Å². The highest BCUT2D eigenvalue weighted by molar-refractivity contribution is 5.57. The summed E-state index contributed by atoms with van der Waals surface area (Å²) in [6.07, 6.45) is 4.40. The fourth-order valence-electron chi connectivity index (χ4n) is 1.08. The third-order valence-electron chi connectivity index (χ3n) is 1.77. The number of rotatable bonds is 3. The minimum atomic E-state index is -0.391. The molecule has 14 heavy (non-hydrogen) atoms. The predicted octanol–water partition coefficient (Wildman–Crippen LogP) is 2.06. The van der Waals surface area contributed by atoms with E-state index in [1.54, 1.807) is 12.1 Å². The van der Waals surface area contributed by atoms with Gasteiger partial charge in [-0.25, -0.2) is 4.39 Å². The maximum atomic E-state index is 12.7. The quantitative estimate of drug-likeness (QED) is 0.793. The maximum Gasteiger partial charge on any atom is 0.124 e. The first kappa shape index (κ1) is 10.4. The lowest BCUT2D eigenvalue weighted by Gasteiger charge is -1.97. The van der Waals surface area contributed by atoms with Crippen molar-refractivity contribution in [3.63, 3.8) is 0 Å². The highest BCUT2D eigenvalue weighted by atomic mass is 19.1. The molecule has 0 aliphatic heterocycles. The van der Waals surface area contributed by atoms with Crippen molar-refractivity contribution in [1.82, 2.24) is 0 Å². The first-order valence-electron chi connectivity index (χ1n) is 4.34. The van der Waals surface area contributed by atoms with Crippen LogP contribution in [0.15, 0.2) is 24.3 Å². The molecule has 3 heteroatoms. The van der Waals surface area contributed by atoms with Crippen molar-refractivity contribution >= 4 is 6.08 Å². The zero-order valence-electron chi connectivity index (χ0n) is 7.70. The van der Waals surface area contributed by atoms with Gasteiger partial charge in [0.15, 0.2) is 0 Å². The number of nitrogens with zero attached hydrogens (tertiary/aromatic N) is 1. The Kier molecular flexibility index (Phi) is 3.84. The molecule has 0 aliphatic carbocycles. The van der Waals surface area contributed by atoms with Gasteiger partial charge in [-0.3, -0.25) is 0 Å². The van der Waals surface area contributed by atoms with E-state index in [1.165, 1.54) is 12.1 Å². The van der Waals surface area contributed by atoms with Crippen molar-refractivity contribution in [2.75, 3.05) is 6.54 Å². The van der Waals surface area contributed by atoms with Crippen molar-refractivity contribution in [2.45, 2.75) is 6.42 Å². The summed E-state index contributed by atoms with van der Waals surface area (Å²) in [7, 11) is 0. The van der Waals surface area contributed by atoms with E-state index in [0.29, 0.717) is 12.1 Å². The molecule has 1 aromatic carbocycles. The number of hydrogen-bond donors (Lipinski definition) is 1. The Bertz CT molecular complexity index is 377. The van der Waals surface area contributed by atoms with E-state index >= 15 is 0 Å². The molecule has 0 aliphatic rings. The average Bonchev–Trinajstić information content (AvgIpc) is 2.20. The molecule has 72 valence electrons. The molecule has 0 bridgehead atoms. The van der Waals surface area contributed by atoms with Crippen LogP contribution in [0.5, 0.6) is 0 Å². The summed E-state index contributed by atoms with van der Waals surface area (Å²) in [6.45, 7) is 0.569. The first-order chi connectivity index (χ1) is 6.77. The highest BCUT2D eigenvalue weighted by Gasteiger charge is 1.99. The second-order valence-electron chi connectivity index (χ2n) is 2.82. The van der Waals surface area contributed by atoms with Crippen LogP contribution in [0.4, 0.5) is 4.39 Å². The van der Waals surface area contributed by atoms with Crippen LogP contribution in [0.1, 0.15) is 17.5 Å². The molecule has 2 N–H and O–H groups in total. The molecule has 0 saturated carbocycles. The summed E-state index contributed by atoms with van der Waals surface area (Å²) in [5.74, 6) is -0.391. The molecule has 2 nitrogen and oxygen atoms in total. The van der Waals surface area contributed by atoms with Crippen molar-refractivity contribution < 1.29 is 4.39 Å². The zero-order valence-corrected chi connectivity index (χ0v) is 7.70. The monoisotopic (exact) mass is 190 g/mol. The van der Waals surface area contributed by atoms with Crippen molar-refractivity contribution in [2.24, 2.45) is 5.73 Å². The zero-order chi connectivity index (χ0) is 10.4. The number of hydrogen-bond acceptors (Lipinski definition) is 2. The number of nitrogens with two attached hydrogens (primary N) is 1. The number of nitriles is 1. The van der Waals surface area contributed by atoms with Crippen LogP contribution in [0.25, 0.3) is 6.08 Å². The summed E-state index contributed by atoms with van der Waals surface area (Å²) >= 11 is 0. The largest absolute Gasteiger partial charge is 0.330 e. The summed E-state index contributed by atoms with van der Waals surface area (Å²) in [6, 6.07) is 6.09. The van der Waals surface area contributed by atoms with E-state index in [9.17, 15) is 4.39 Å². The van der Waals surface area contributed by atoms with Gasteiger partial charge in [0, 0.05) is 0 Å². The van der Waals surface area contributed by atoms with Crippen molar-refractivity contribution in [3.05, 3.63) is 41.2 Å². The van der Waals surface area contributed by atoms with E-state index in [-0.39, 0.29) is 0 Å². The Morgan fingerprint density at radius 1 is 1.50 bits per heavy atom. The summed E-state index contributed by atoms with van der Waals surface area (Å²) in [5, 5.41) is 8.72. The normalized spacial score (nSPS) is 10.4. The summed E-state index contributed by atoms with van der Waals surface area (Å²) in [4.78, 5) is 0. The Hall–Kier alpha value is -1.66. The Balaban J connectivity index is 2.92. The van der Waals surface area contributed by atoms with Gasteiger partial charge < -0.3 is 5.73 Å². The minimum absolute atomic E-state index is 0.346. The molecular weight excluding hydrogens is 179 g/mol. The third kappa shape index (κ3) is 2.68. The minimum Gasteiger partial charge on any atom is -0.330 e. The molecule has 1 rings (SSSR count). The van der Waals surface area contributed by atoms with Gasteiger partial charge in [-0.05, 0) is 30.7 Å². The van der Waals surface area contributed by atoms with Gasteiger partial charge in [0.05, 0.1) is 11.6 Å². The standard InChI is InChI=1S/C11H11FN2/c12-11-5-4-9(3-1-2-6-13)10(7-11)8-14/h1,3-5,7H,2,6,13H2. The summed E-state index contributed by atoms with van der Waals surface area (Å²) in [5.41, 5.74) is 6.38. The predicted molar refractivity (Wildman–Crippen MR) is 53.8 cm³/mol. The van der Waals surface area contributed by atoms with Crippen LogP contribution in [-0.2, 0) is 0 Å². The molecule has 0 atom stereocenters. The maximum absolute atomic E-state index is 12.7. The summed E-state index contributed by atoms with van der Waals surface area (Å²) < 4.78 is 12.7. The van der Waals surface area contributed by atoms with E-state index in [4.69, 9.17) is 11.0 Å². The van der Waals surface area contributed by atoms with Gasteiger partial charge in [0.25, 0.3) is 0 Å². The van der Waals surface area contributed by atoms with Gasteiger partial charge in [-0.15, -0.1) is 0 Å². The lowest BCUT2D eigenvalue weighted by Crippen LogP contribution is -1.95. The van der Waals surface area contributed by atoms with Crippen molar-refractivity contribution in [1.29, 1.82) is 5.26 Å². The Labute approximate surface area is 82.5 Å². The van der Waals surface area contributed by atoms with Crippen LogP contribution >= 0.6 is 0 Å². The lowest BCUT2D eigenvalue weighted by molar-refractivity contribution is 0.627. The molecule has 0 fully saturated rings. The average molecular weight is 190 g/mol. The molecule has 0 saturated heterocycles. The van der Waals surface area contributed by atoms with Gasteiger partial charge >= 0.3 is 0 Å². The topological polar surface area (TPSA) is 49.8 Å². The fourth-order valence-corrected chi connectivity index (χ4v) is 1.08. The number of benzene rings is 1. The molecule has 0 heterocycles. The van der Waals surface area contributed by atoms with E-state index < -0.39 is 5.82 Å².